The van der Waals surface area contributed by atoms with E-state index in [2.05, 4.69) is 31.1 Å². The lowest BCUT2D eigenvalue weighted by molar-refractivity contribution is 0.213. The quantitative estimate of drug-likeness (QED) is 0.645. The Morgan fingerprint density at radius 2 is 2.35 bits per heavy atom. The molecule has 2 rings (SSSR count). The smallest absolute Gasteiger partial charge is 0.127 e. The van der Waals surface area contributed by atoms with E-state index in [4.69, 9.17) is 4.84 Å². The molecule has 2 heterocycles. The zero-order valence-electron chi connectivity index (χ0n) is 9.35. The number of oxime groups is 1. The van der Waals surface area contributed by atoms with Gasteiger partial charge in [-0.2, -0.15) is 0 Å². The molecule has 6 heteroatoms. The second-order valence-electron chi connectivity index (χ2n) is 3.24. The van der Waals surface area contributed by atoms with Crippen LogP contribution in [-0.2, 0) is 4.84 Å². The highest BCUT2D eigenvalue weighted by Crippen LogP contribution is 2.31. The lowest BCUT2D eigenvalue weighted by Crippen LogP contribution is -1.92. The van der Waals surface area contributed by atoms with Gasteiger partial charge in [0.1, 0.15) is 16.7 Å². The highest BCUT2D eigenvalue weighted by molar-refractivity contribution is 9.10. The summed E-state index contributed by atoms with van der Waals surface area (Å²) < 4.78 is 0.777. The van der Waals surface area contributed by atoms with E-state index in [1.54, 1.807) is 23.7 Å². The summed E-state index contributed by atoms with van der Waals surface area (Å²) in [5.74, 6) is 0. The Kier molecular flexibility index (Phi) is 3.86. The van der Waals surface area contributed by atoms with Crippen LogP contribution in [0.25, 0.3) is 10.6 Å². The number of hydrogen-bond donors (Lipinski definition) is 0. The first kappa shape index (κ1) is 12.2. The van der Waals surface area contributed by atoms with Crippen molar-refractivity contribution in [2.75, 3.05) is 7.11 Å². The fraction of sp³-hybridized carbons (Fsp3) is 0.182. The van der Waals surface area contributed by atoms with Gasteiger partial charge in [-0.25, -0.2) is 4.98 Å². The van der Waals surface area contributed by atoms with Crippen LogP contribution in [0.5, 0.6) is 0 Å². The van der Waals surface area contributed by atoms with Crippen LogP contribution in [0, 0.1) is 0 Å². The second kappa shape index (κ2) is 5.37. The van der Waals surface area contributed by atoms with Gasteiger partial charge in [-0.05, 0) is 35.0 Å². The lowest BCUT2D eigenvalue weighted by atomic mass is 10.3. The van der Waals surface area contributed by atoms with E-state index in [1.165, 1.54) is 7.11 Å². The van der Waals surface area contributed by atoms with E-state index < -0.39 is 0 Å². The van der Waals surface area contributed by atoms with Crippen molar-refractivity contribution in [3.05, 3.63) is 34.0 Å². The van der Waals surface area contributed by atoms with Crippen LogP contribution in [0.1, 0.15) is 11.8 Å². The lowest BCUT2D eigenvalue weighted by Gasteiger charge is -1.94. The van der Waals surface area contributed by atoms with Gasteiger partial charge in [-0.1, -0.05) is 5.16 Å². The second-order valence-corrected chi connectivity index (χ2v) is 4.99. The molecule has 0 atom stereocenters. The summed E-state index contributed by atoms with van der Waals surface area (Å²) in [7, 11) is 1.53. The SMILES string of the molecule is CO/N=C(\C)c1sc(-c2cccnc2)nc1Br. The molecule has 2 aromatic rings. The zero-order valence-corrected chi connectivity index (χ0v) is 11.7. The largest absolute Gasteiger partial charge is 0.399 e. The molecule has 0 saturated carbocycles. The molecule has 0 aliphatic heterocycles. The van der Waals surface area contributed by atoms with E-state index in [1.807, 2.05) is 19.1 Å². The summed E-state index contributed by atoms with van der Waals surface area (Å²) in [5.41, 5.74) is 1.79. The van der Waals surface area contributed by atoms with Crippen LogP contribution in [0.4, 0.5) is 0 Å². The van der Waals surface area contributed by atoms with E-state index >= 15 is 0 Å². The number of rotatable bonds is 3. The standard InChI is InChI=1S/C11H10BrN3OS/c1-7(15-16-2)9-10(12)14-11(17-9)8-4-3-5-13-6-8/h3-6H,1-2H3/b15-7+. The Morgan fingerprint density at radius 1 is 1.53 bits per heavy atom. The molecule has 0 fully saturated rings. The first-order valence-electron chi connectivity index (χ1n) is 4.87. The Labute approximate surface area is 111 Å². The predicted octanol–water partition coefficient (Wildman–Crippen LogP) is 3.34. The minimum atomic E-state index is 0.777. The van der Waals surface area contributed by atoms with Crippen LogP contribution in [0.2, 0.25) is 0 Å². The number of halogens is 1. The first-order chi connectivity index (χ1) is 8.22. The molecule has 0 aliphatic carbocycles. The fourth-order valence-corrected chi connectivity index (χ4v) is 3.02. The Morgan fingerprint density at radius 3 is 3.00 bits per heavy atom. The van der Waals surface area contributed by atoms with Crippen LogP contribution < -0.4 is 0 Å². The van der Waals surface area contributed by atoms with Crippen LogP contribution >= 0.6 is 27.3 Å². The topological polar surface area (TPSA) is 47.4 Å². The van der Waals surface area contributed by atoms with Gasteiger partial charge in [-0.3, -0.25) is 4.98 Å². The fourth-order valence-electron chi connectivity index (χ4n) is 1.32. The molecule has 0 spiro atoms. The minimum absolute atomic E-state index is 0.777. The zero-order chi connectivity index (χ0) is 12.3. The van der Waals surface area contributed by atoms with Gasteiger partial charge in [0.05, 0.1) is 10.6 Å². The number of hydrogen-bond acceptors (Lipinski definition) is 5. The van der Waals surface area contributed by atoms with Gasteiger partial charge < -0.3 is 4.84 Å². The van der Waals surface area contributed by atoms with Gasteiger partial charge in [0.15, 0.2) is 0 Å². The normalized spacial score (nSPS) is 11.6. The molecule has 88 valence electrons. The molecule has 0 N–H and O–H groups in total. The number of thiazole rings is 1. The molecule has 0 unspecified atom stereocenters. The summed E-state index contributed by atoms with van der Waals surface area (Å²) in [4.78, 5) is 14.2. The Balaban J connectivity index is 2.41. The first-order valence-corrected chi connectivity index (χ1v) is 6.48. The molecule has 2 aromatic heterocycles. The van der Waals surface area contributed by atoms with Crippen LogP contribution in [-0.4, -0.2) is 22.8 Å². The molecular formula is C11H10BrN3OS. The molecule has 0 radical (unpaired) electrons. The van der Waals surface area contributed by atoms with Crippen molar-refractivity contribution < 1.29 is 4.84 Å². The summed E-state index contributed by atoms with van der Waals surface area (Å²) in [6.45, 7) is 1.88. The minimum Gasteiger partial charge on any atom is -0.399 e. The van der Waals surface area contributed by atoms with E-state index in [0.29, 0.717) is 0 Å². The van der Waals surface area contributed by atoms with Crippen molar-refractivity contribution in [1.82, 2.24) is 9.97 Å². The summed E-state index contributed by atoms with van der Waals surface area (Å²) in [5, 5.41) is 4.81. The predicted molar refractivity (Wildman–Crippen MR) is 72.3 cm³/mol. The molecule has 0 aliphatic rings. The molecule has 0 bridgehead atoms. The van der Waals surface area contributed by atoms with E-state index in [0.717, 1.165) is 25.8 Å². The van der Waals surface area contributed by atoms with Crippen molar-refractivity contribution in [2.45, 2.75) is 6.92 Å². The van der Waals surface area contributed by atoms with Gasteiger partial charge in [0, 0.05) is 18.0 Å². The van der Waals surface area contributed by atoms with Crippen molar-refractivity contribution >= 4 is 33.0 Å². The molecule has 17 heavy (non-hydrogen) atoms. The number of pyridine rings is 1. The van der Waals surface area contributed by atoms with Crippen molar-refractivity contribution in [3.63, 3.8) is 0 Å². The van der Waals surface area contributed by atoms with Crippen LogP contribution in [0.3, 0.4) is 0 Å². The maximum Gasteiger partial charge on any atom is 0.127 e. The average Bonchev–Trinajstić information content (AvgIpc) is 2.73. The molecule has 4 nitrogen and oxygen atoms in total. The third-order valence-corrected chi connectivity index (χ3v) is 4.10. The van der Waals surface area contributed by atoms with E-state index in [9.17, 15) is 0 Å². The summed E-state index contributed by atoms with van der Waals surface area (Å²) in [6.07, 6.45) is 3.53. The van der Waals surface area contributed by atoms with Crippen LogP contribution in [0.15, 0.2) is 34.3 Å². The maximum absolute atomic E-state index is 4.76. The maximum atomic E-state index is 4.76. The average molecular weight is 312 g/mol. The third-order valence-electron chi connectivity index (χ3n) is 2.05. The van der Waals surface area contributed by atoms with Gasteiger partial charge in [0.25, 0.3) is 0 Å². The summed E-state index contributed by atoms with van der Waals surface area (Å²) >= 11 is 4.98. The third kappa shape index (κ3) is 2.70. The van der Waals surface area contributed by atoms with Gasteiger partial charge in [0.2, 0.25) is 0 Å². The van der Waals surface area contributed by atoms with E-state index in [-0.39, 0.29) is 0 Å². The number of aromatic nitrogens is 2. The summed E-state index contributed by atoms with van der Waals surface area (Å²) in [6, 6.07) is 3.87. The highest BCUT2D eigenvalue weighted by atomic mass is 79.9. The monoisotopic (exact) mass is 311 g/mol. The highest BCUT2D eigenvalue weighted by Gasteiger charge is 2.13. The number of nitrogens with zero attached hydrogens (tertiary/aromatic N) is 3. The van der Waals surface area contributed by atoms with Crippen molar-refractivity contribution in [1.29, 1.82) is 0 Å². The molecule has 0 amide bonds. The Hall–Kier alpha value is -1.27. The van der Waals surface area contributed by atoms with Gasteiger partial charge in [-0.15, -0.1) is 11.3 Å². The molecular weight excluding hydrogens is 302 g/mol. The molecule has 0 saturated heterocycles. The molecule has 0 aromatic carbocycles. The van der Waals surface area contributed by atoms with Crippen molar-refractivity contribution in [2.24, 2.45) is 5.16 Å². The Bertz CT molecular complexity index is 539. The van der Waals surface area contributed by atoms with Gasteiger partial charge >= 0.3 is 0 Å². The van der Waals surface area contributed by atoms with Crippen molar-refractivity contribution in [3.8, 4) is 10.6 Å².